The molecule has 3 heteroatoms. The molecular weight excluding hydrogens is 480 g/mol. The average Bonchev–Trinajstić information content (AvgIpc) is 2.75. The van der Waals surface area contributed by atoms with Gasteiger partial charge in [-0.3, -0.25) is 0 Å². The van der Waals surface area contributed by atoms with Crippen molar-refractivity contribution in [3.05, 3.63) is 87.0 Å². The Balaban J connectivity index is 2.16. The molecule has 0 aliphatic heterocycles. The zero-order valence-corrected chi connectivity index (χ0v) is 26.3. The van der Waals surface area contributed by atoms with Gasteiger partial charge in [0.2, 0.25) is 0 Å². The number of aromatic hydroxyl groups is 3. The first kappa shape index (κ1) is 30.6. The molecule has 3 N–H and O–H groups in total. The number of phenols is 3. The maximum absolute atomic E-state index is 11.2. The molecule has 0 aliphatic carbocycles. The molecule has 0 aromatic heterocycles. The second-order valence-electron chi connectivity index (χ2n) is 15.3. The van der Waals surface area contributed by atoms with Crippen LogP contribution < -0.4 is 0 Å². The number of benzene rings is 3. The molecule has 0 radical (unpaired) electrons. The molecule has 3 nitrogen and oxygen atoms in total. The van der Waals surface area contributed by atoms with Crippen LogP contribution in [-0.4, -0.2) is 15.3 Å². The summed E-state index contributed by atoms with van der Waals surface area (Å²) in [6.07, 6.45) is 1.21. The highest BCUT2D eigenvalue weighted by atomic mass is 16.3. The molecule has 0 saturated heterocycles. The third kappa shape index (κ3) is 6.80. The van der Waals surface area contributed by atoms with E-state index in [2.05, 4.69) is 113 Å². The van der Waals surface area contributed by atoms with Gasteiger partial charge in [-0.15, -0.1) is 0 Å². The van der Waals surface area contributed by atoms with Crippen LogP contribution in [0, 0.1) is 0 Å². The van der Waals surface area contributed by atoms with Crippen LogP contribution >= 0.6 is 0 Å². The van der Waals surface area contributed by atoms with Crippen LogP contribution in [0.1, 0.15) is 128 Å². The Morgan fingerprint density at radius 3 is 1.15 bits per heavy atom. The molecule has 0 bridgehead atoms. The van der Waals surface area contributed by atoms with Gasteiger partial charge in [-0.25, -0.2) is 0 Å². The lowest BCUT2D eigenvalue weighted by Gasteiger charge is -2.29. The molecule has 3 aromatic carbocycles. The first-order valence-corrected chi connectivity index (χ1v) is 14.1. The number of hydrogen-bond acceptors (Lipinski definition) is 3. The Labute approximate surface area is 236 Å². The van der Waals surface area contributed by atoms with Crippen LogP contribution in [0.2, 0.25) is 0 Å². The molecule has 0 saturated carbocycles. The lowest BCUT2D eigenvalue weighted by molar-refractivity contribution is 0.421. The van der Waals surface area contributed by atoms with Crippen LogP contribution in [0.4, 0.5) is 0 Å². The molecule has 0 amide bonds. The van der Waals surface area contributed by atoms with Crippen molar-refractivity contribution in [2.45, 2.75) is 118 Å². The molecule has 3 rings (SSSR count). The first-order valence-electron chi connectivity index (χ1n) is 14.1. The van der Waals surface area contributed by atoms with Gasteiger partial charge in [-0.1, -0.05) is 119 Å². The third-order valence-corrected chi connectivity index (χ3v) is 7.60. The van der Waals surface area contributed by atoms with Crippen molar-refractivity contribution in [2.75, 3.05) is 0 Å². The van der Waals surface area contributed by atoms with Crippen molar-refractivity contribution >= 4 is 0 Å². The van der Waals surface area contributed by atoms with Crippen LogP contribution in [0.5, 0.6) is 17.2 Å². The van der Waals surface area contributed by atoms with Gasteiger partial charge in [-0.2, -0.15) is 0 Å². The molecule has 0 spiro atoms. The van der Waals surface area contributed by atoms with E-state index >= 15 is 0 Å². The van der Waals surface area contributed by atoms with E-state index in [1.54, 1.807) is 6.07 Å². The number of hydrogen-bond donors (Lipinski definition) is 3. The molecule has 212 valence electrons. The van der Waals surface area contributed by atoms with E-state index < -0.39 is 0 Å². The van der Waals surface area contributed by atoms with Crippen molar-refractivity contribution in [2.24, 2.45) is 0 Å². The van der Waals surface area contributed by atoms with E-state index in [9.17, 15) is 15.3 Å². The summed E-state index contributed by atoms with van der Waals surface area (Å²) in [4.78, 5) is 0. The minimum absolute atomic E-state index is 0.208. The SMILES string of the molecule is CC(C)(C)c1cc(Cc2cccc(O)c2Cc2cc(C(C)(C)C)c(O)c(C(C)(C)C)c2)cc(C(C)(C)C)c1O. The van der Waals surface area contributed by atoms with Crippen molar-refractivity contribution in [1.29, 1.82) is 0 Å². The molecule has 0 fully saturated rings. The van der Waals surface area contributed by atoms with Crippen molar-refractivity contribution in [3.63, 3.8) is 0 Å². The summed E-state index contributed by atoms with van der Waals surface area (Å²) in [6.45, 7) is 25.5. The molecule has 3 aromatic rings. The zero-order chi connectivity index (χ0) is 29.7. The Morgan fingerprint density at radius 1 is 0.487 bits per heavy atom. The maximum Gasteiger partial charge on any atom is 0.123 e. The highest BCUT2D eigenvalue weighted by molar-refractivity contribution is 5.54. The summed E-state index contributed by atoms with van der Waals surface area (Å²) in [6, 6.07) is 14.2. The minimum atomic E-state index is -0.222. The normalized spacial score (nSPS) is 13.1. The molecule has 0 aliphatic rings. The molecule has 0 heterocycles. The van der Waals surface area contributed by atoms with Crippen molar-refractivity contribution in [1.82, 2.24) is 0 Å². The van der Waals surface area contributed by atoms with Gasteiger partial charge in [0.1, 0.15) is 17.2 Å². The Hall–Kier alpha value is -2.94. The summed E-state index contributed by atoms with van der Waals surface area (Å²) in [7, 11) is 0. The van der Waals surface area contributed by atoms with Crippen LogP contribution in [0.15, 0.2) is 42.5 Å². The Bertz CT molecular complexity index is 1280. The smallest absolute Gasteiger partial charge is 0.123 e. The lowest BCUT2D eigenvalue weighted by atomic mass is 9.77. The second kappa shape index (κ2) is 10.2. The van der Waals surface area contributed by atoms with Crippen molar-refractivity contribution < 1.29 is 15.3 Å². The van der Waals surface area contributed by atoms with Gasteiger partial charge < -0.3 is 15.3 Å². The van der Waals surface area contributed by atoms with Crippen molar-refractivity contribution in [3.8, 4) is 17.2 Å². The summed E-state index contributed by atoms with van der Waals surface area (Å²) in [5.41, 5.74) is 7.00. The van der Waals surface area contributed by atoms with E-state index in [-0.39, 0.29) is 27.4 Å². The predicted octanol–water partition coefficient (Wildman–Crippen LogP) is 9.18. The van der Waals surface area contributed by atoms with Gasteiger partial charge >= 0.3 is 0 Å². The average molecular weight is 531 g/mol. The van der Waals surface area contributed by atoms with E-state index in [0.29, 0.717) is 24.3 Å². The Morgan fingerprint density at radius 2 is 0.821 bits per heavy atom. The van der Waals surface area contributed by atoms with Gasteiger partial charge in [0.15, 0.2) is 0 Å². The fourth-order valence-electron chi connectivity index (χ4n) is 5.29. The Kier molecular flexibility index (Phi) is 8.02. The van der Waals surface area contributed by atoms with E-state index in [1.165, 1.54) is 0 Å². The van der Waals surface area contributed by atoms with Gasteiger partial charge in [0.25, 0.3) is 0 Å². The topological polar surface area (TPSA) is 60.7 Å². The van der Waals surface area contributed by atoms with Crippen LogP contribution in [-0.2, 0) is 34.5 Å². The standard InChI is InChI=1S/C36H50O3/c1-33(2,3)26-18-22(19-27(31(26)38)34(4,5)6)16-24-14-13-15-30(37)25(24)17-23-20-28(35(7,8)9)32(39)29(21-23)36(10,11)12/h13-15,18-21,37-39H,16-17H2,1-12H3. The summed E-state index contributed by atoms with van der Waals surface area (Å²) in [5.74, 6) is 1.02. The predicted molar refractivity (Wildman–Crippen MR) is 165 cm³/mol. The zero-order valence-electron chi connectivity index (χ0n) is 26.3. The summed E-state index contributed by atoms with van der Waals surface area (Å²) >= 11 is 0. The van der Waals surface area contributed by atoms with Crippen LogP contribution in [0.3, 0.4) is 0 Å². The maximum atomic E-state index is 11.2. The largest absolute Gasteiger partial charge is 0.508 e. The third-order valence-electron chi connectivity index (χ3n) is 7.60. The monoisotopic (exact) mass is 530 g/mol. The number of phenolic OH excluding ortho intramolecular Hbond substituents is 3. The van der Waals surface area contributed by atoms with E-state index in [4.69, 9.17) is 0 Å². The highest BCUT2D eigenvalue weighted by Crippen LogP contribution is 2.42. The molecule has 0 atom stereocenters. The van der Waals surface area contributed by atoms with E-state index in [0.717, 1.165) is 44.5 Å². The summed E-state index contributed by atoms with van der Waals surface area (Å²) in [5, 5.41) is 33.4. The second-order valence-corrected chi connectivity index (χ2v) is 15.3. The van der Waals surface area contributed by atoms with Gasteiger partial charge in [0, 0.05) is 12.0 Å². The quantitative estimate of drug-likeness (QED) is 0.315. The minimum Gasteiger partial charge on any atom is -0.508 e. The van der Waals surface area contributed by atoms with Gasteiger partial charge in [0.05, 0.1) is 0 Å². The van der Waals surface area contributed by atoms with Gasteiger partial charge in [-0.05, 0) is 73.1 Å². The van der Waals surface area contributed by atoms with E-state index in [1.807, 2.05) is 6.07 Å². The molecular formula is C36H50O3. The lowest BCUT2D eigenvalue weighted by Crippen LogP contribution is -2.18. The summed E-state index contributed by atoms with van der Waals surface area (Å²) < 4.78 is 0. The fraction of sp³-hybridized carbons (Fsp3) is 0.500. The highest BCUT2D eigenvalue weighted by Gasteiger charge is 2.28. The number of rotatable bonds is 4. The first-order chi connectivity index (χ1) is 17.6. The molecule has 0 unspecified atom stereocenters. The molecule has 39 heavy (non-hydrogen) atoms. The fourth-order valence-corrected chi connectivity index (χ4v) is 5.29. The van der Waals surface area contributed by atoms with Crippen LogP contribution in [0.25, 0.3) is 0 Å².